The van der Waals surface area contributed by atoms with E-state index in [-0.39, 0.29) is 29.3 Å². The lowest BCUT2D eigenvalue weighted by Crippen LogP contribution is -2.44. The topological polar surface area (TPSA) is 77.2 Å². The zero-order valence-corrected chi connectivity index (χ0v) is 16.9. The highest BCUT2D eigenvalue weighted by Gasteiger charge is 2.42. The summed E-state index contributed by atoms with van der Waals surface area (Å²) in [7, 11) is -3.51. The lowest BCUT2D eigenvalue weighted by Gasteiger charge is -2.28. The van der Waals surface area contributed by atoms with Crippen molar-refractivity contribution in [3.8, 4) is 0 Å². The molecule has 0 aromatic carbocycles. The summed E-state index contributed by atoms with van der Waals surface area (Å²) < 4.78 is 29.5. The molecule has 0 unspecified atom stereocenters. The van der Waals surface area contributed by atoms with Crippen LogP contribution in [0.25, 0.3) is 0 Å². The summed E-state index contributed by atoms with van der Waals surface area (Å²) in [5.41, 5.74) is 0.589. The highest BCUT2D eigenvalue weighted by atomic mass is 32.2. The molecule has 1 saturated carbocycles. The highest BCUT2D eigenvalue weighted by Crippen LogP contribution is 2.30. The number of Topliss-reactive ketones (excluding diaryl/α,β-unsaturated/α-hetero) is 1. The molecule has 0 saturated heterocycles. The third-order valence-electron chi connectivity index (χ3n) is 5.29. The molecule has 6 heteroatoms. The van der Waals surface area contributed by atoms with Crippen LogP contribution in [0.2, 0.25) is 0 Å². The van der Waals surface area contributed by atoms with Crippen LogP contribution in [0.15, 0.2) is 10.6 Å². The lowest BCUT2D eigenvalue weighted by atomic mass is 9.91. The van der Waals surface area contributed by atoms with Crippen LogP contribution < -0.4 is 0 Å². The van der Waals surface area contributed by atoms with Crippen molar-refractivity contribution in [3.63, 3.8) is 0 Å². The summed E-state index contributed by atoms with van der Waals surface area (Å²) in [6.45, 7) is 9.07. The van der Waals surface area contributed by atoms with Crippen molar-refractivity contribution in [2.45, 2.75) is 83.3 Å². The molecule has 1 aromatic heterocycles. The van der Waals surface area contributed by atoms with Gasteiger partial charge in [0.05, 0.1) is 17.9 Å². The Hall–Kier alpha value is -1.17. The fourth-order valence-corrected chi connectivity index (χ4v) is 4.96. The maximum atomic E-state index is 12.8. The van der Waals surface area contributed by atoms with E-state index in [9.17, 15) is 13.2 Å². The van der Waals surface area contributed by atoms with E-state index in [1.54, 1.807) is 6.07 Å². The fraction of sp³-hybridized carbons (Fsp3) is 0.789. The van der Waals surface area contributed by atoms with Crippen LogP contribution in [0.5, 0.6) is 0 Å². The van der Waals surface area contributed by atoms with Crippen molar-refractivity contribution in [1.29, 1.82) is 0 Å². The van der Waals surface area contributed by atoms with Crippen LogP contribution in [0.3, 0.4) is 0 Å². The summed E-state index contributed by atoms with van der Waals surface area (Å²) in [6, 6.07) is 1.75. The number of carbonyl (C=O) groups is 1. The molecule has 2 rings (SSSR count). The van der Waals surface area contributed by atoms with E-state index in [0.717, 1.165) is 31.4 Å². The maximum absolute atomic E-state index is 12.8. The molecule has 1 aliphatic rings. The first kappa shape index (κ1) is 20.1. The van der Waals surface area contributed by atoms with E-state index in [2.05, 4.69) is 5.16 Å². The van der Waals surface area contributed by atoms with Gasteiger partial charge in [-0.2, -0.15) is 0 Å². The van der Waals surface area contributed by atoms with Gasteiger partial charge in [-0.3, -0.25) is 4.79 Å². The Balaban J connectivity index is 2.09. The first-order valence-electron chi connectivity index (χ1n) is 9.15. The van der Waals surface area contributed by atoms with E-state index in [1.807, 2.05) is 20.8 Å². The molecule has 0 spiro atoms. The van der Waals surface area contributed by atoms with E-state index >= 15 is 0 Å². The summed E-state index contributed by atoms with van der Waals surface area (Å²) >= 11 is 0. The number of sulfone groups is 1. The van der Waals surface area contributed by atoms with Gasteiger partial charge in [-0.1, -0.05) is 45.2 Å². The molecular weight excluding hydrogens is 338 g/mol. The van der Waals surface area contributed by atoms with E-state index in [4.69, 9.17) is 4.52 Å². The second-order valence-electron chi connectivity index (χ2n) is 8.82. The number of rotatable bonds is 6. The normalized spacial score (nSPS) is 17.6. The van der Waals surface area contributed by atoms with Crippen molar-refractivity contribution in [2.24, 2.45) is 5.92 Å². The minimum Gasteiger partial charge on any atom is -0.361 e. The predicted molar refractivity (Wildman–Crippen MR) is 98.4 cm³/mol. The van der Waals surface area contributed by atoms with Gasteiger partial charge in [-0.25, -0.2) is 8.42 Å². The van der Waals surface area contributed by atoms with Gasteiger partial charge in [0.2, 0.25) is 0 Å². The zero-order chi connectivity index (χ0) is 18.9. The Kier molecular flexibility index (Phi) is 5.81. The molecule has 1 fully saturated rings. The van der Waals surface area contributed by atoms with Gasteiger partial charge in [0.25, 0.3) is 0 Å². The average molecular weight is 370 g/mol. The predicted octanol–water partition coefficient (Wildman–Crippen LogP) is 3.86. The third-order valence-corrected chi connectivity index (χ3v) is 7.98. The van der Waals surface area contributed by atoms with Crippen LogP contribution in [0.4, 0.5) is 0 Å². The number of hydrogen-bond acceptors (Lipinski definition) is 5. The second kappa shape index (κ2) is 7.22. The molecule has 1 heterocycles. The molecule has 0 atom stereocenters. The Morgan fingerprint density at radius 3 is 2.28 bits per heavy atom. The monoisotopic (exact) mass is 369 g/mol. The maximum Gasteiger partial charge on any atom is 0.162 e. The standard InChI is InChI=1S/C19H31NO4S/c1-18(2,3)16-11-15(24-20-16)12-17(21)19(4,5)25(22,23)13-14-9-7-6-8-10-14/h11,14H,6-10,12-13H2,1-5H3. The Bertz CT molecular complexity index is 704. The van der Waals surface area contributed by atoms with Gasteiger partial charge < -0.3 is 4.52 Å². The van der Waals surface area contributed by atoms with Crippen molar-refractivity contribution < 1.29 is 17.7 Å². The van der Waals surface area contributed by atoms with Crippen molar-refractivity contribution in [1.82, 2.24) is 5.16 Å². The summed E-state index contributed by atoms with van der Waals surface area (Å²) in [4.78, 5) is 12.7. The van der Waals surface area contributed by atoms with Crippen LogP contribution in [-0.2, 0) is 26.5 Å². The van der Waals surface area contributed by atoms with Gasteiger partial charge in [0, 0.05) is 11.5 Å². The fourth-order valence-electron chi connectivity index (χ4n) is 3.17. The van der Waals surface area contributed by atoms with Gasteiger partial charge >= 0.3 is 0 Å². The smallest absolute Gasteiger partial charge is 0.162 e. The van der Waals surface area contributed by atoms with Crippen LogP contribution in [-0.4, -0.2) is 29.9 Å². The zero-order valence-electron chi connectivity index (χ0n) is 16.1. The Labute approximate surface area is 151 Å². The van der Waals surface area contributed by atoms with E-state index in [1.165, 1.54) is 20.3 Å². The van der Waals surface area contributed by atoms with Crippen molar-refractivity contribution in [2.75, 3.05) is 5.75 Å². The average Bonchev–Trinajstić information content (AvgIpc) is 2.96. The van der Waals surface area contributed by atoms with Gasteiger partial charge in [0.1, 0.15) is 10.5 Å². The number of aromatic nitrogens is 1. The summed E-state index contributed by atoms with van der Waals surface area (Å²) in [5, 5.41) is 4.00. The Morgan fingerprint density at radius 1 is 1.16 bits per heavy atom. The summed E-state index contributed by atoms with van der Waals surface area (Å²) in [5.74, 6) is 0.384. The molecule has 0 N–H and O–H groups in total. The van der Waals surface area contributed by atoms with Crippen molar-refractivity contribution in [3.05, 3.63) is 17.5 Å². The minimum atomic E-state index is -3.51. The molecule has 0 bridgehead atoms. The summed E-state index contributed by atoms with van der Waals surface area (Å²) in [6.07, 6.45) is 5.20. The number of hydrogen-bond donors (Lipinski definition) is 0. The molecule has 5 nitrogen and oxygen atoms in total. The lowest BCUT2D eigenvalue weighted by molar-refractivity contribution is -0.120. The molecule has 1 aromatic rings. The molecule has 25 heavy (non-hydrogen) atoms. The second-order valence-corrected chi connectivity index (χ2v) is 11.4. The molecule has 0 aliphatic heterocycles. The number of nitrogens with zero attached hydrogens (tertiary/aromatic N) is 1. The largest absolute Gasteiger partial charge is 0.361 e. The first-order chi connectivity index (χ1) is 11.4. The van der Waals surface area contributed by atoms with Crippen molar-refractivity contribution >= 4 is 15.6 Å². The molecular formula is C19H31NO4S. The molecule has 1 aliphatic carbocycles. The molecule has 0 radical (unpaired) electrons. The van der Waals surface area contributed by atoms with E-state index in [0.29, 0.717) is 5.76 Å². The van der Waals surface area contributed by atoms with Gasteiger partial charge in [0.15, 0.2) is 15.6 Å². The molecule has 0 amide bonds. The Morgan fingerprint density at radius 2 is 1.76 bits per heavy atom. The van der Waals surface area contributed by atoms with Gasteiger partial charge in [-0.15, -0.1) is 0 Å². The quantitative estimate of drug-likeness (QED) is 0.761. The highest BCUT2D eigenvalue weighted by molar-refractivity contribution is 7.93. The van der Waals surface area contributed by atoms with Crippen LogP contribution in [0, 0.1) is 5.92 Å². The van der Waals surface area contributed by atoms with Gasteiger partial charge in [-0.05, 0) is 32.6 Å². The number of carbonyl (C=O) groups excluding carboxylic acids is 1. The van der Waals surface area contributed by atoms with E-state index < -0.39 is 14.6 Å². The third kappa shape index (κ3) is 4.72. The minimum absolute atomic E-state index is 0.0417. The SMILES string of the molecule is CC(C)(C)c1cc(CC(=O)C(C)(C)S(=O)(=O)CC2CCCCC2)on1. The number of ketones is 1. The van der Waals surface area contributed by atoms with Crippen LogP contribution >= 0.6 is 0 Å². The van der Waals surface area contributed by atoms with Crippen LogP contribution in [0.1, 0.15) is 78.2 Å². The first-order valence-corrected chi connectivity index (χ1v) is 10.8. The molecule has 142 valence electrons.